The molecule has 0 bridgehead atoms. The topological polar surface area (TPSA) is 29.1 Å². The highest BCUT2D eigenvalue weighted by Gasteiger charge is 2.00. The number of anilines is 1. The molecule has 0 spiro atoms. The van der Waals surface area contributed by atoms with Crippen LogP contribution in [0.4, 0.5) is 5.69 Å². The number of rotatable bonds is 7. The first kappa shape index (κ1) is 15.7. The van der Waals surface area contributed by atoms with Crippen molar-refractivity contribution < 1.29 is 4.79 Å². The van der Waals surface area contributed by atoms with E-state index >= 15 is 0 Å². The second-order valence-electron chi connectivity index (χ2n) is 3.95. The molecule has 100 valence electrons. The molecule has 0 radical (unpaired) electrons. The summed E-state index contributed by atoms with van der Waals surface area (Å²) in [6.45, 7) is 2.49. The Labute approximate surface area is 122 Å². The van der Waals surface area contributed by atoms with Crippen LogP contribution in [0.25, 0.3) is 0 Å². The lowest BCUT2D eigenvalue weighted by atomic mass is 10.2. The molecule has 0 aromatic heterocycles. The van der Waals surface area contributed by atoms with Crippen molar-refractivity contribution in [3.63, 3.8) is 0 Å². The van der Waals surface area contributed by atoms with Crippen molar-refractivity contribution >= 4 is 45.8 Å². The van der Waals surface area contributed by atoms with E-state index in [1.807, 2.05) is 12.1 Å². The van der Waals surface area contributed by atoms with Crippen LogP contribution >= 0.6 is 35.0 Å². The minimum absolute atomic E-state index is 0.195. The van der Waals surface area contributed by atoms with Gasteiger partial charge >= 0.3 is 0 Å². The van der Waals surface area contributed by atoms with Gasteiger partial charge in [0, 0.05) is 24.2 Å². The minimum atomic E-state index is 0.195. The third kappa shape index (κ3) is 6.53. The first-order chi connectivity index (χ1) is 8.59. The number of benzene rings is 1. The van der Waals surface area contributed by atoms with Crippen molar-refractivity contribution in [3.05, 3.63) is 28.2 Å². The Balaban J connectivity index is 2.12. The number of carbonyl (C=O) groups excluding carboxylic acids is 1. The summed E-state index contributed by atoms with van der Waals surface area (Å²) in [5.41, 5.74) is 0.916. The van der Waals surface area contributed by atoms with Gasteiger partial charge in [0.25, 0.3) is 0 Å². The van der Waals surface area contributed by atoms with Gasteiger partial charge in [0.15, 0.2) is 5.12 Å². The summed E-state index contributed by atoms with van der Waals surface area (Å²) in [5, 5.41) is 4.76. The summed E-state index contributed by atoms with van der Waals surface area (Å²) in [7, 11) is 0. The van der Waals surface area contributed by atoms with Gasteiger partial charge in [-0.05, 0) is 31.0 Å². The molecule has 1 aromatic carbocycles. The van der Waals surface area contributed by atoms with E-state index < -0.39 is 0 Å². The highest BCUT2D eigenvalue weighted by atomic mass is 35.5. The van der Waals surface area contributed by atoms with E-state index in [0.717, 1.165) is 37.2 Å². The van der Waals surface area contributed by atoms with E-state index in [1.165, 1.54) is 11.8 Å². The third-order valence-electron chi connectivity index (χ3n) is 2.37. The Morgan fingerprint density at radius 2 is 2.06 bits per heavy atom. The largest absolute Gasteiger partial charge is 0.384 e. The summed E-state index contributed by atoms with van der Waals surface area (Å²) in [6.07, 6.45) is 3.25. The van der Waals surface area contributed by atoms with Crippen molar-refractivity contribution in [1.82, 2.24) is 0 Å². The van der Waals surface area contributed by atoms with Crippen LogP contribution in [0.15, 0.2) is 18.2 Å². The van der Waals surface area contributed by atoms with Crippen LogP contribution in [-0.2, 0) is 4.79 Å². The zero-order chi connectivity index (χ0) is 13.4. The average molecular weight is 306 g/mol. The second-order valence-corrected chi connectivity index (χ2v) is 6.07. The SMILES string of the molecule is CC(=O)SCCCCCNc1ccc(Cl)cc1Cl. The van der Waals surface area contributed by atoms with E-state index in [-0.39, 0.29) is 5.12 Å². The predicted octanol–water partition coefficient (Wildman–Crippen LogP) is 4.86. The van der Waals surface area contributed by atoms with E-state index in [0.29, 0.717) is 10.0 Å². The quantitative estimate of drug-likeness (QED) is 0.730. The molecule has 5 heteroatoms. The van der Waals surface area contributed by atoms with Gasteiger partial charge in [0.05, 0.1) is 10.7 Å². The van der Waals surface area contributed by atoms with Crippen LogP contribution in [0.2, 0.25) is 10.0 Å². The van der Waals surface area contributed by atoms with Crippen LogP contribution < -0.4 is 5.32 Å². The minimum Gasteiger partial charge on any atom is -0.384 e. The van der Waals surface area contributed by atoms with Crippen molar-refractivity contribution in [3.8, 4) is 0 Å². The molecule has 0 atom stereocenters. The smallest absolute Gasteiger partial charge is 0.185 e. The Hall–Kier alpha value is -0.380. The molecule has 1 N–H and O–H groups in total. The van der Waals surface area contributed by atoms with Crippen LogP contribution in [0.3, 0.4) is 0 Å². The van der Waals surface area contributed by atoms with Gasteiger partial charge in [-0.1, -0.05) is 41.4 Å². The third-order valence-corrected chi connectivity index (χ3v) is 3.82. The molecule has 2 nitrogen and oxygen atoms in total. The summed E-state index contributed by atoms with van der Waals surface area (Å²) in [4.78, 5) is 10.7. The van der Waals surface area contributed by atoms with Crippen molar-refractivity contribution in [1.29, 1.82) is 0 Å². The Morgan fingerprint density at radius 1 is 1.28 bits per heavy atom. The fraction of sp³-hybridized carbons (Fsp3) is 0.462. The molecule has 1 aromatic rings. The predicted molar refractivity (Wildman–Crippen MR) is 81.9 cm³/mol. The fourth-order valence-electron chi connectivity index (χ4n) is 1.48. The lowest BCUT2D eigenvalue weighted by Crippen LogP contribution is -2.02. The molecular weight excluding hydrogens is 289 g/mol. The summed E-state index contributed by atoms with van der Waals surface area (Å²) >= 11 is 13.3. The molecule has 0 saturated heterocycles. The van der Waals surface area contributed by atoms with E-state index in [9.17, 15) is 4.79 Å². The average Bonchev–Trinajstić information content (AvgIpc) is 2.30. The first-order valence-corrected chi connectivity index (χ1v) is 7.66. The Bertz CT molecular complexity index is 399. The number of halogens is 2. The van der Waals surface area contributed by atoms with Gasteiger partial charge in [0.1, 0.15) is 0 Å². The molecule has 18 heavy (non-hydrogen) atoms. The van der Waals surface area contributed by atoms with Crippen molar-refractivity contribution in [2.45, 2.75) is 26.2 Å². The molecule has 0 unspecified atom stereocenters. The molecule has 0 aliphatic heterocycles. The van der Waals surface area contributed by atoms with Crippen molar-refractivity contribution in [2.24, 2.45) is 0 Å². The van der Waals surface area contributed by atoms with Crippen LogP contribution in [0.1, 0.15) is 26.2 Å². The lowest BCUT2D eigenvalue weighted by Gasteiger charge is -2.08. The van der Waals surface area contributed by atoms with E-state index in [1.54, 1.807) is 13.0 Å². The molecule has 0 aliphatic rings. The maximum Gasteiger partial charge on any atom is 0.185 e. The summed E-state index contributed by atoms with van der Waals surface area (Å²) in [6, 6.07) is 5.44. The second kappa shape index (κ2) is 8.68. The van der Waals surface area contributed by atoms with Crippen LogP contribution in [0.5, 0.6) is 0 Å². The number of hydrogen-bond acceptors (Lipinski definition) is 3. The molecule has 0 fully saturated rings. The number of unbranched alkanes of at least 4 members (excludes halogenated alkanes) is 2. The van der Waals surface area contributed by atoms with Gasteiger partial charge in [-0.15, -0.1) is 0 Å². The number of carbonyl (C=O) groups is 1. The Kier molecular flexibility index (Phi) is 7.56. The zero-order valence-corrected chi connectivity index (χ0v) is 12.7. The lowest BCUT2D eigenvalue weighted by molar-refractivity contribution is -0.109. The molecule has 0 aliphatic carbocycles. The number of thioether (sulfide) groups is 1. The van der Waals surface area contributed by atoms with E-state index in [2.05, 4.69) is 5.32 Å². The fourth-order valence-corrected chi connectivity index (χ4v) is 2.59. The molecule has 0 saturated carbocycles. The monoisotopic (exact) mass is 305 g/mol. The highest BCUT2D eigenvalue weighted by Crippen LogP contribution is 2.25. The van der Waals surface area contributed by atoms with Gasteiger partial charge in [-0.2, -0.15) is 0 Å². The van der Waals surface area contributed by atoms with Gasteiger partial charge in [-0.3, -0.25) is 4.79 Å². The maximum atomic E-state index is 10.7. The highest BCUT2D eigenvalue weighted by molar-refractivity contribution is 8.13. The first-order valence-electron chi connectivity index (χ1n) is 5.92. The number of hydrogen-bond donors (Lipinski definition) is 1. The number of nitrogens with one attached hydrogen (secondary N) is 1. The summed E-state index contributed by atoms with van der Waals surface area (Å²) < 4.78 is 0. The van der Waals surface area contributed by atoms with E-state index in [4.69, 9.17) is 23.2 Å². The van der Waals surface area contributed by atoms with Crippen LogP contribution in [0, 0.1) is 0 Å². The maximum absolute atomic E-state index is 10.7. The van der Waals surface area contributed by atoms with Crippen molar-refractivity contribution in [2.75, 3.05) is 17.6 Å². The zero-order valence-electron chi connectivity index (χ0n) is 10.3. The molecule has 0 amide bonds. The van der Waals surface area contributed by atoms with Crippen LogP contribution in [-0.4, -0.2) is 17.4 Å². The standard InChI is InChI=1S/C13H17Cl2NOS/c1-10(17)18-8-4-2-3-7-16-13-6-5-11(14)9-12(13)15/h5-6,9,16H,2-4,7-8H2,1H3. The molecular formula is C13H17Cl2NOS. The normalized spacial score (nSPS) is 10.4. The van der Waals surface area contributed by atoms with Gasteiger partial charge in [-0.25, -0.2) is 0 Å². The molecule has 0 heterocycles. The van der Waals surface area contributed by atoms with Gasteiger partial charge in [0.2, 0.25) is 0 Å². The Morgan fingerprint density at radius 3 is 2.72 bits per heavy atom. The van der Waals surface area contributed by atoms with Gasteiger partial charge < -0.3 is 5.32 Å². The summed E-state index contributed by atoms with van der Waals surface area (Å²) in [5.74, 6) is 0.914. The molecule has 1 rings (SSSR count).